The molecular weight excluding hydrogens is 277 g/mol. The van der Waals surface area contributed by atoms with Crippen molar-refractivity contribution >= 4 is 0 Å². The maximum Gasteiger partial charge on any atom is 0.391 e. The molecule has 0 aromatic heterocycles. The van der Waals surface area contributed by atoms with Crippen LogP contribution in [0.4, 0.5) is 13.2 Å². The molecule has 114 valence electrons. The minimum Gasteiger partial charge on any atom is -0.320 e. The standard InChI is InChI=1S/C16H19F3N2/c17-16(18,19)15-7-10-21(11-8-15)12-14-5-3-13(4-6-14)2-1-9-20/h3-6,15H,7-12,20H2. The summed E-state index contributed by atoms with van der Waals surface area (Å²) in [6.07, 6.45) is -3.65. The molecular formula is C16H19F3N2. The van der Waals surface area contributed by atoms with Crippen molar-refractivity contribution in [2.75, 3.05) is 19.6 Å². The average Bonchev–Trinajstić information content (AvgIpc) is 2.46. The van der Waals surface area contributed by atoms with E-state index in [9.17, 15) is 13.2 Å². The summed E-state index contributed by atoms with van der Waals surface area (Å²) in [5, 5.41) is 0. The van der Waals surface area contributed by atoms with Gasteiger partial charge < -0.3 is 5.73 Å². The molecule has 1 aromatic rings. The van der Waals surface area contributed by atoms with Gasteiger partial charge in [0.25, 0.3) is 0 Å². The van der Waals surface area contributed by atoms with Crippen molar-refractivity contribution in [3.63, 3.8) is 0 Å². The van der Waals surface area contributed by atoms with E-state index in [1.807, 2.05) is 24.3 Å². The topological polar surface area (TPSA) is 29.3 Å². The van der Waals surface area contributed by atoms with Crippen molar-refractivity contribution in [2.45, 2.75) is 25.6 Å². The van der Waals surface area contributed by atoms with Crippen molar-refractivity contribution in [3.05, 3.63) is 35.4 Å². The highest BCUT2D eigenvalue weighted by Gasteiger charge is 2.40. The molecule has 5 heteroatoms. The van der Waals surface area contributed by atoms with E-state index in [1.54, 1.807) is 0 Å². The lowest BCUT2D eigenvalue weighted by atomic mass is 9.96. The number of nitrogens with two attached hydrogens (primary N) is 1. The average molecular weight is 296 g/mol. The minimum absolute atomic E-state index is 0.198. The van der Waals surface area contributed by atoms with E-state index < -0.39 is 12.1 Å². The van der Waals surface area contributed by atoms with E-state index in [-0.39, 0.29) is 12.8 Å². The van der Waals surface area contributed by atoms with Crippen molar-refractivity contribution in [3.8, 4) is 11.8 Å². The first kappa shape index (κ1) is 15.9. The molecule has 2 N–H and O–H groups in total. The summed E-state index contributed by atoms with van der Waals surface area (Å²) in [6.45, 7) is 2.02. The fourth-order valence-corrected chi connectivity index (χ4v) is 2.52. The van der Waals surface area contributed by atoms with Crippen molar-refractivity contribution in [1.82, 2.24) is 4.90 Å². The molecule has 0 unspecified atom stereocenters. The van der Waals surface area contributed by atoms with Crippen LogP contribution >= 0.6 is 0 Å². The molecule has 0 atom stereocenters. The molecule has 1 aliphatic heterocycles. The Morgan fingerprint density at radius 3 is 2.29 bits per heavy atom. The van der Waals surface area contributed by atoms with E-state index in [0.29, 0.717) is 26.2 Å². The second-order valence-corrected chi connectivity index (χ2v) is 5.29. The molecule has 0 amide bonds. The highest BCUT2D eigenvalue weighted by molar-refractivity contribution is 5.36. The molecule has 1 saturated heterocycles. The zero-order valence-corrected chi connectivity index (χ0v) is 11.8. The van der Waals surface area contributed by atoms with Gasteiger partial charge in [-0.1, -0.05) is 24.0 Å². The molecule has 1 fully saturated rings. The van der Waals surface area contributed by atoms with Gasteiger partial charge in [0.05, 0.1) is 12.5 Å². The van der Waals surface area contributed by atoms with E-state index in [1.165, 1.54) is 0 Å². The molecule has 2 rings (SSSR count). The maximum atomic E-state index is 12.6. The van der Waals surface area contributed by atoms with Crippen LogP contribution in [0.1, 0.15) is 24.0 Å². The third kappa shape index (κ3) is 4.76. The van der Waals surface area contributed by atoms with E-state index >= 15 is 0 Å². The van der Waals surface area contributed by atoms with Crippen LogP contribution in [0.25, 0.3) is 0 Å². The van der Waals surface area contributed by atoms with Gasteiger partial charge in [0.15, 0.2) is 0 Å². The molecule has 0 aliphatic carbocycles. The third-order valence-corrected chi connectivity index (χ3v) is 3.75. The number of hydrogen-bond donors (Lipinski definition) is 1. The monoisotopic (exact) mass is 296 g/mol. The van der Waals surface area contributed by atoms with Gasteiger partial charge in [0.1, 0.15) is 0 Å². The smallest absolute Gasteiger partial charge is 0.320 e. The highest BCUT2D eigenvalue weighted by atomic mass is 19.4. The Hall–Kier alpha value is -1.51. The second-order valence-electron chi connectivity index (χ2n) is 5.29. The summed E-state index contributed by atoms with van der Waals surface area (Å²) < 4.78 is 37.8. The lowest BCUT2D eigenvalue weighted by molar-refractivity contribution is -0.185. The lowest BCUT2D eigenvalue weighted by Gasteiger charge is -2.32. The zero-order chi connectivity index (χ0) is 15.3. The molecule has 1 aliphatic rings. The first-order chi connectivity index (χ1) is 9.99. The molecule has 1 heterocycles. The number of benzene rings is 1. The Balaban J connectivity index is 1.86. The first-order valence-corrected chi connectivity index (χ1v) is 7.06. The number of hydrogen-bond acceptors (Lipinski definition) is 2. The molecule has 0 saturated carbocycles. The highest BCUT2D eigenvalue weighted by Crippen LogP contribution is 2.34. The van der Waals surface area contributed by atoms with E-state index in [0.717, 1.165) is 11.1 Å². The molecule has 0 radical (unpaired) electrons. The Morgan fingerprint density at radius 1 is 1.14 bits per heavy atom. The maximum absolute atomic E-state index is 12.6. The van der Waals surface area contributed by atoms with Crippen LogP contribution in [0.15, 0.2) is 24.3 Å². The van der Waals surface area contributed by atoms with Crippen molar-refractivity contribution in [1.29, 1.82) is 0 Å². The first-order valence-electron chi connectivity index (χ1n) is 7.06. The van der Waals surface area contributed by atoms with Crippen molar-refractivity contribution in [2.24, 2.45) is 11.7 Å². The van der Waals surface area contributed by atoms with Gasteiger partial charge in [-0.05, 0) is 43.6 Å². The van der Waals surface area contributed by atoms with Gasteiger partial charge in [-0.2, -0.15) is 13.2 Å². The van der Waals surface area contributed by atoms with E-state index in [4.69, 9.17) is 5.73 Å². The van der Waals surface area contributed by atoms with Crippen LogP contribution in [0, 0.1) is 17.8 Å². The van der Waals surface area contributed by atoms with Crippen LogP contribution < -0.4 is 5.73 Å². The van der Waals surface area contributed by atoms with Gasteiger partial charge in [-0.15, -0.1) is 0 Å². The fourth-order valence-electron chi connectivity index (χ4n) is 2.52. The van der Waals surface area contributed by atoms with Crippen LogP contribution in [0.3, 0.4) is 0 Å². The zero-order valence-electron chi connectivity index (χ0n) is 11.8. The third-order valence-electron chi connectivity index (χ3n) is 3.75. The minimum atomic E-state index is -4.05. The van der Waals surface area contributed by atoms with Gasteiger partial charge in [0.2, 0.25) is 0 Å². The van der Waals surface area contributed by atoms with Crippen LogP contribution in [-0.4, -0.2) is 30.7 Å². The van der Waals surface area contributed by atoms with Gasteiger partial charge in [0, 0.05) is 12.1 Å². The molecule has 1 aromatic carbocycles. The number of rotatable bonds is 2. The molecule has 0 bridgehead atoms. The molecule has 21 heavy (non-hydrogen) atoms. The molecule has 2 nitrogen and oxygen atoms in total. The van der Waals surface area contributed by atoms with Gasteiger partial charge in [-0.25, -0.2) is 0 Å². The number of alkyl halides is 3. The largest absolute Gasteiger partial charge is 0.391 e. The summed E-state index contributed by atoms with van der Waals surface area (Å²) >= 11 is 0. The van der Waals surface area contributed by atoms with E-state index in [2.05, 4.69) is 16.7 Å². The Kier molecular flexibility index (Phi) is 5.27. The summed E-state index contributed by atoms with van der Waals surface area (Å²) in [5.41, 5.74) is 7.31. The molecule has 0 spiro atoms. The Morgan fingerprint density at radius 2 is 1.76 bits per heavy atom. The second kappa shape index (κ2) is 6.97. The van der Waals surface area contributed by atoms with Crippen LogP contribution in [0.2, 0.25) is 0 Å². The van der Waals surface area contributed by atoms with Gasteiger partial charge >= 0.3 is 6.18 Å². The van der Waals surface area contributed by atoms with Gasteiger partial charge in [-0.3, -0.25) is 4.90 Å². The summed E-state index contributed by atoms with van der Waals surface area (Å²) in [5.74, 6) is 4.59. The van der Waals surface area contributed by atoms with Crippen molar-refractivity contribution < 1.29 is 13.2 Å². The lowest BCUT2D eigenvalue weighted by Crippen LogP contribution is -2.38. The summed E-state index contributed by atoms with van der Waals surface area (Å²) in [4.78, 5) is 2.07. The summed E-state index contributed by atoms with van der Waals surface area (Å²) in [6, 6.07) is 7.77. The number of halogens is 3. The SMILES string of the molecule is NCC#Cc1ccc(CN2CCC(C(F)(F)F)CC2)cc1. The van der Waals surface area contributed by atoms with Crippen LogP contribution in [0.5, 0.6) is 0 Å². The van der Waals surface area contributed by atoms with Crippen LogP contribution in [-0.2, 0) is 6.54 Å². The predicted molar refractivity (Wildman–Crippen MR) is 76.4 cm³/mol. The number of likely N-dealkylation sites (tertiary alicyclic amines) is 1. The number of piperidine rings is 1. The number of nitrogens with zero attached hydrogens (tertiary/aromatic N) is 1. The normalized spacial score (nSPS) is 17.3. The Bertz CT molecular complexity index is 503. The quantitative estimate of drug-likeness (QED) is 0.850. The Labute approximate surface area is 123 Å². The summed E-state index contributed by atoms with van der Waals surface area (Å²) in [7, 11) is 0. The fraction of sp³-hybridized carbons (Fsp3) is 0.500. The predicted octanol–water partition coefficient (Wildman–Crippen LogP) is 2.77.